The lowest BCUT2D eigenvalue weighted by molar-refractivity contribution is 0.0953. The molecule has 0 aliphatic rings. The molecule has 1 amide bonds. The summed E-state index contributed by atoms with van der Waals surface area (Å²) < 4.78 is 0. The van der Waals surface area contributed by atoms with Crippen LogP contribution >= 0.6 is 0 Å². The molecule has 4 heteroatoms. The second-order valence-electron chi connectivity index (χ2n) is 4.35. The maximum absolute atomic E-state index is 11.4. The first-order valence-corrected chi connectivity index (χ1v) is 5.88. The third-order valence-corrected chi connectivity index (χ3v) is 3.10. The Balaban J connectivity index is 2.75. The Labute approximate surface area is 103 Å². The number of carbonyl (C=O) groups is 1. The molecule has 3 N–H and O–H groups in total. The second-order valence-corrected chi connectivity index (χ2v) is 4.35. The van der Waals surface area contributed by atoms with Crippen molar-refractivity contribution in [3.05, 3.63) is 35.4 Å². The number of nitrogen functional groups attached to an aromatic ring is 1. The molecule has 0 spiro atoms. The van der Waals surface area contributed by atoms with Crippen molar-refractivity contribution in [2.24, 2.45) is 5.84 Å². The third kappa shape index (κ3) is 3.84. The number of nitrogens with two attached hydrogens (primary N) is 1. The molecule has 0 heterocycles. The minimum absolute atomic E-state index is 0.252. The molecule has 0 saturated heterocycles. The van der Waals surface area contributed by atoms with Crippen LogP contribution in [-0.2, 0) is 6.54 Å². The van der Waals surface area contributed by atoms with Crippen LogP contribution in [0.1, 0.15) is 36.2 Å². The molecule has 0 fully saturated rings. The highest BCUT2D eigenvalue weighted by Crippen LogP contribution is 2.10. The van der Waals surface area contributed by atoms with E-state index in [0.29, 0.717) is 11.6 Å². The number of carbonyl (C=O) groups excluding carboxylic acids is 1. The molecule has 94 valence electrons. The Kier molecular flexibility index (Phi) is 5.12. The van der Waals surface area contributed by atoms with Crippen molar-refractivity contribution in [2.75, 3.05) is 7.05 Å². The monoisotopic (exact) mass is 235 g/mol. The first-order valence-electron chi connectivity index (χ1n) is 5.88. The molecule has 1 aromatic carbocycles. The molecule has 0 bridgehead atoms. The summed E-state index contributed by atoms with van der Waals surface area (Å²) in [5.41, 5.74) is 3.86. The molecular formula is C13H21N3O. The number of hydrogen-bond donors (Lipinski definition) is 2. The molecule has 4 nitrogen and oxygen atoms in total. The predicted molar refractivity (Wildman–Crippen MR) is 69.3 cm³/mol. The van der Waals surface area contributed by atoms with Crippen LogP contribution in [0.15, 0.2) is 24.3 Å². The molecule has 0 radical (unpaired) electrons. The predicted octanol–water partition coefficient (Wildman–Crippen LogP) is 1.52. The van der Waals surface area contributed by atoms with Crippen molar-refractivity contribution in [3.8, 4) is 0 Å². The lowest BCUT2D eigenvalue weighted by Gasteiger charge is -2.23. The Hall–Kier alpha value is -1.39. The second kappa shape index (κ2) is 6.37. The van der Waals surface area contributed by atoms with E-state index in [4.69, 9.17) is 5.84 Å². The van der Waals surface area contributed by atoms with E-state index in [1.54, 1.807) is 6.07 Å². The third-order valence-electron chi connectivity index (χ3n) is 3.10. The lowest BCUT2D eigenvalue weighted by Crippen LogP contribution is -2.30. The number of hydrogen-bond acceptors (Lipinski definition) is 3. The van der Waals surface area contributed by atoms with Crippen LogP contribution in [0.25, 0.3) is 0 Å². The molecular weight excluding hydrogens is 214 g/mol. The average molecular weight is 235 g/mol. The number of nitrogens with zero attached hydrogens (tertiary/aromatic N) is 1. The van der Waals surface area contributed by atoms with E-state index in [2.05, 4.69) is 31.2 Å². The van der Waals surface area contributed by atoms with Gasteiger partial charge in [-0.1, -0.05) is 19.1 Å². The van der Waals surface area contributed by atoms with Crippen LogP contribution in [0.5, 0.6) is 0 Å². The number of benzene rings is 1. The fourth-order valence-electron chi connectivity index (χ4n) is 1.65. The first kappa shape index (κ1) is 13.7. The van der Waals surface area contributed by atoms with E-state index < -0.39 is 0 Å². The van der Waals surface area contributed by atoms with Crippen LogP contribution in [0.3, 0.4) is 0 Å². The van der Waals surface area contributed by atoms with Gasteiger partial charge in [0.1, 0.15) is 0 Å². The van der Waals surface area contributed by atoms with Gasteiger partial charge in [-0.2, -0.15) is 0 Å². The minimum atomic E-state index is -0.252. The zero-order valence-corrected chi connectivity index (χ0v) is 10.7. The summed E-state index contributed by atoms with van der Waals surface area (Å²) in [6.45, 7) is 5.19. The smallest absolute Gasteiger partial charge is 0.265 e. The van der Waals surface area contributed by atoms with E-state index in [0.717, 1.165) is 18.5 Å². The van der Waals surface area contributed by atoms with Crippen molar-refractivity contribution < 1.29 is 4.79 Å². The van der Waals surface area contributed by atoms with Crippen molar-refractivity contribution in [1.29, 1.82) is 0 Å². The van der Waals surface area contributed by atoms with Gasteiger partial charge < -0.3 is 0 Å². The SMILES string of the molecule is CCC(C)N(C)Cc1cccc(C(=O)NN)c1. The Bertz CT molecular complexity index is 379. The summed E-state index contributed by atoms with van der Waals surface area (Å²) in [7, 11) is 2.09. The van der Waals surface area contributed by atoms with Crippen molar-refractivity contribution in [2.45, 2.75) is 32.9 Å². The molecule has 0 saturated carbocycles. The van der Waals surface area contributed by atoms with Crippen LogP contribution in [0.2, 0.25) is 0 Å². The van der Waals surface area contributed by atoms with Crippen molar-refractivity contribution >= 4 is 5.91 Å². The van der Waals surface area contributed by atoms with E-state index in [9.17, 15) is 4.79 Å². The zero-order valence-electron chi connectivity index (χ0n) is 10.7. The molecule has 0 aliphatic carbocycles. The minimum Gasteiger partial charge on any atom is -0.299 e. The summed E-state index contributed by atoms with van der Waals surface area (Å²) >= 11 is 0. The standard InChI is InChI=1S/C13H21N3O/c1-4-10(2)16(3)9-11-6-5-7-12(8-11)13(17)15-14/h5-8,10H,4,9,14H2,1-3H3,(H,15,17). The quantitative estimate of drug-likeness (QED) is 0.462. The van der Waals surface area contributed by atoms with E-state index in [-0.39, 0.29) is 5.91 Å². The molecule has 17 heavy (non-hydrogen) atoms. The van der Waals surface area contributed by atoms with Gasteiger partial charge in [0.2, 0.25) is 0 Å². The maximum atomic E-state index is 11.4. The molecule has 1 atom stereocenters. The average Bonchev–Trinajstić information content (AvgIpc) is 2.37. The van der Waals surface area contributed by atoms with Gasteiger partial charge in [-0.15, -0.1) is 0 Å². The van der Waals surface area contributed by atoms with E-state index in [1.807, 2.05) is 18.2 Å². The van der Waals surface area contributed by atoms with Gasteiger partial charge in [0.15, 0.2) is 0 Å². The van der Waals surface area contributed by atoms with Gasteiger partial charge in [0.25, 0.3) is 5.91 Å². The van der Waals surface area contributed by atoms with Crippen LogP contribution in [0, 0.1) is 0 Å². The van der Waals surface area contributed by atoms with Crippen LogP contribution in [0.4, 0.5) is 0 Å². The van der Waals surface area contributed by atoms with Crippen LogP contribution < -0.4 is 11.3 Å². The molecule has 0 aromatic heterocycles. The van der Waals surface area contributed by atoms with Gasteiger partial charge in [-0.3, -0.25) is 15.1 Å². The van der Waals surface area contributed by atoms with Crippen LogP contribution in [-0.4, -0.2) is 23.9 Å². The molecule has 1 aromatic rings. The van der Waals surface area contributed by atoms with E-state index in [1.165, 1.54) is 0 Å². The van der Waals surface area contributed by atoms with Crippen molar-refractivity contribution in [1.82, 2.24) is 10.3 Å². The normalized spacial score (nSPS) is 12.5. The molecule has 1 rings (SSSR count). The van der Waals surface area contributed by atoms with Gasteiger partial charge in [0, 0.05) is 18.2 Å². The largest absolute Gasteiger partial charge is 0.299 e. The summed E-state index contributed by atoms with van der Waals surface area (Å²) in [6, 6.07) is 8.06. The Morgan fingerprint density at radius 1 is 1.53 bits per heavy atom. The molecule has 1 unspecified atom stereocenters. The molecule has 0 aliphatic heterocycles. The summed E-state index contributed by atoms with van der Waals surface area (Å²) in [4.78, 5) is 13.7. The summed E-state index contributed by atoms with van der Waals surface area (Å²) in [5, 5.41) is 0. The highest BCUT2D eigenvalue weighted by Gasteiger charge is 2.09. The highest BCUT2D eigenvalue weighted by atomic mass is 16.2. The van der Waals surface area contributed by atoms with Crippen molar-refractivity contribution in [3.63, 3.8) is 0 Å². The summed E-state index contributed by atoms with van der Waals surface area (Å²) in [5.74, 6) is 4.86. The number of nitrogens with one attached hydrogen (secondary N) is 1. The van der Waals surface area contributed by atoms with Gasteiger partial charge in [0.05, 0.1) is 0 Å². The Morgan fingerprint density at radius 3 is 2.82 bits per heavy atom. The Morgan fingerprint density at radius 2 is 2.24 bits per heavy atom. The highest BCUT2D eigenvalue weighted by molar-refractivity contribution is 5.93. The zero-order chi connectivity index (χ0) is 12.8. The number of hydrazine groups is 1. The summed E-state index contributed by atoms with van der Waals surface area (Å²) in [6.07, 6.45) is 1.11. The van der Waals surface area contributed by atoms with E-state index >= 15 is 0 Å². The number of rotatable bonds is 5. The lowest BCUT2D eigenvalue weighted by atomic mass is 10.1. The fraction of sp³-hybridized carbons (Fsp3) is 0.462. The van der Waals surface area contributed by atoms with Gasteiger partial charge in [-0.25, -0.2) is 5.84 Å². The fourth-order valence-corrected chi connectivity index (χ4v) is 1.65. The van der Waals surface area contributed by atoms with Gasteiger partial charge in [-0.05, 0) is 38.1 Å². The maximum Gasteiger partial charge on any atom is 0.265 e. The number of amides is 1. The topological polar surface area (TPSA) is 58.4 Å². The first-order chi connectivity index (χ1) is 8.08. The van der Waals surface area contributed by atoms with Gasteiger partial charge >= 0.3 is 0 Å².